The third-order valence-electron chi connectivity index (χ3n) is 4.44. The van der Waals surface area contributed by atoms with E-state index in [0.29, 0.717) is 11.1 Å². The highest BCUT2D eigenvalue weighted by molar-refractivity contribution is 7.85. The smallest absolute Gasteiger partial charge is 0.293 e. The average molecular weight is 427 g/mol. The standard InChI is InChI=1S/C14H15N2O.C9H12O3S/c1-3-4-7-13-11-6-5-8-14(17-2)12(11)9-10-16(13)15;1-6-4-7(2)9(8(3)5-6)13(10,11)12/h5-6,8-10H,3,15H2,1-2H3;4-5H,1-3H3,(H,10,11,12)/q+1;/p-1. The van der Waals surface area contributed by atoms with Crippen LogP contribution in [0.4, 0.5) is 0 Å². The van der Waals surface area contributed by atoms with Crippen LogP contribution in [0.15, 0.2) is 47.5 Å². The maximum atomic E-state index is 10.8. The maximum Gasteiger partial charge on any atom is 0.293 e. The highest BCUT2D eigenvalue weighted by atomic mass is 32.2. The second-order valence-electron chi connectivity index (χ2n) is 6.83. The van der Waals surface area contributed by atoms with Gasteiger partial charge in [0.1, 0.15) is 15.9 Å². The Bertz CT molecular complexity index is 1220. The molecule has 158 valence electrons. The molecule has 0 saturated carbocycles. The van der Waals surface area contributed by atoms with Gasteiger partial charge in [0.2, 0.25) is 6.20 Å². The van der Waals surface area contributed by atoms with Crippen molar-refractivity contribution >= 4 is 20.9 Å². The number of nitrogens with zero attached hydrogens (tertiary/aromatic N) is 1. The molecule has 3 aromatic rings. The predicted molar refractivity (Wildman–Crippen MR) is 117 cm³/mol. The Morgan fingerprint density at radius 2 is 1.73 bits per heavy atom. The predicted octanol–water partition coefficient (Wildman–Crippen LogP) is 3.13. The van der Waals surface area contributed by atoms with E-state index in [1.54, 1.807) is 44.0 Å². The summed E-state index contributed by atoms with van der Waals surface area (Å²) >= 11 is 0. The summed E-state index contributed by atoms with van der Waals surface area (Å²) in [5.41, 5.74) is 2.81. The lowest BCUT2D eigenvalue weighted by atomic mass is 10.1. The van der Waals surface area contributed by atoms with Crippen LogP contribution >= 0.6 is 0 Å². The van der Waals surface area contributed by atoms with Gasteiger partial charge in [0.15, 0.2) is 0 Å². The third kappa shape index (κ3) is 5.29. The van der Waals surface area contributed by atoms with E-state index < -0.39 is 10.1 Å². The van der Waals surface area contributed by atoms with Gasteiger partial charge in [-0.05, 0) is 44.0 Å². The normalized spacial score (nSPS) is 10.6. The summed E-state index contributed by atoms with van der Waals surface area (Å²) in [4.78, 5) is -0.0851. The molecule has 0 aliphatic rings. The molecular formula is C23H26N2O4S. The monoisotopic (exact) mass is 426 g/mol. The van der Waals surface area contributed by atoms with Crippen LogP contribution in [0.25, 0.3) is 10.8 Å². The zero-order chi connectivity index (χ0) is 22.5. The van der Waals surface area contributed by atoms with E-state index in [2.05, 4.69) is 11.8 Å². The SMILES string of the molecule is CCC#Cc1c2cccc(OC)c2cc[n+]1N.Cc1cc(C)c(S(=O)(=O)[O-])c(C)c1. The number of methoxy groups -OCH3 is 1. The number of benzene rings is 2. The third-order valence-corrected chi connectivity index (χ3v) is 5.58. The number of hydrogen-bond acceptors (Lipinski definition) is 5. The largest absolute Gasteiger partial charge is 0.744 e. The zero-order valence-corrected chi connectivity index (χ0v) is 18.6. The van der Waals surface area contributed by atoms with Crippen LogP contribution in [0.3, 0.4) is 0 Å². The van der Waals surface area contributed by atoms with Crippen molar-refractivity contribution in [1.82, 2.24) is 0 Å². The van der Waals surface area contributed by atoms with Gasteiger partial charge in [0.25, 0.3) is 5.69 Å². The minimum atomic E-state index is -4.33. The van der Waals surface area contributed by atoms with Gasteiger partial charge in [-0.3, -0.25) is 0 Å². The molecule has 0 radical (unpaired) electrons. The molecular weight excluding hydrogens is 400 g/mol. The van der Waals surface area contributed by atoms with E-state index in [1.165, 1.54) is 0 Å². The average Bonchev–Trinajstić information content (AvgIpc) is 2.65. The van der Waals surface area contributed by atoms with Crippen LogP contribution in [-0.2, 0) is 10.1 Å². The molecule has 30 heavy (non-hydrogen) atoms. The minimum Gasteiger partial charge on any atom is -0.744 e. The van der Waals surface area contributed by atoms with Crippen molar-refractivity contribution in [2.24, 2.45) is 0 Å². The maximum absolute atomic E-state index is 10.8. The molecule has 0 saturated heterocycles. The van der Waals surface area contributed by atoms with Crippen LogP contribution < -0.4 is 15.3 Å². The number of hydrogen-bond donors (Lipinski definition) is 1. The highest BCUT2D eigenvalue weighted by Gasteiger charge is 2.13. The Balaban J connectivity index is 0.000000222. The van der Waals surface area contributed by atoms with Crippen molar-refractivity contribution in [1.29, 1.82) is 0 Å². The first kappa shape index (κ1) is 23.2. The first-order valence-electron chi connectivity index (χ1n) is 9.39. The van der Waals surface area contributed by atoms with Crippen molar-refractivity contribution in [3.8, 4) is 17.6 Å². The van der Waals surface area contributed by atoms with E-state index in [1.807, 2.05) is 38.1 Å². The number of nitrogens with two attached hydrogens (primary N) is 1. The summed E-state index contributed by atoms with van der Waals surface area (Å²) in [6.07, 6.45) is 2.60. The Labute approximate surface area is 178 Å². The topological polar surface area (TPSA) is 96.3 Å². The summed E-state index contributed by atoms with van der Waals surface area (Å²) in [7, 11) is -2.67. The number of aromatic nitrogens is 1. The summed E-state index contributed by atoms with van der Waals surface area (Å²) in [5, 5.41) is 2.03. The summed E-state index contributed by atoms with van der Waals surface area (Å²) < 4.78 is 39.4. The fourth-order valence-corrected chi connectivity index (χ4v) is 4.24. The number of pyridine rings is 1. The highest BCUT2D eigenvalue weighted by Crippen LogP contribution is 2.25. The number of aryl methyl sites for hydroxylation is 3. The number of ether oxygens (including phenoxy) is 1. The fourth-order valence-electron chi connectivity index (χ4n) is 3.33. The summed E-state index contributed by atoms with van der Waals surface area (Å²) in [5.74, 6) is 12.9. The molecule has 1 aromatic heterocycles. The van der Waals surface area contributed by atoms with Crippen molar-refractivity contribution < 1.29 is 22.4 Å². The van der Waals surface area contributed by atoms with Gasteiger partial charge in [-0.1, -0.05) is 41.3 Å². The molecule has 6 nitrogen and oxygen atoms in total. The lowest BCUT2D eigenvalue weighted by molar-refractivity contribution is -0.640. The van der Waals surface area contributed by atoms with E-state index in [9.17, 15) is 13.0 Å². The van der Waals surface area contributed by atoms with Crippen molar-refractivity contribution in [2.45, 2.75) is 39.0 Å². The fraction of sp³-hybridized carbons (Fsp3) is 0.261. The van der Waals surface area contributed by atoms with Gasteiger partial charge >= 0.3 is 0 Å². The van der Waals surface area contributed by atoms with Gasteiger partial charge in [-0.15, -0.1) is 0 Å². The Morgan fingerprint density at radius 3 is 2.27 bits per heavy atom. The van der Waals surface area contributed by atoms with Crippen LogP contribution in [0, 0.1) is 32.6 Å². The first-order valence-corrected chi connectivity index (χ1v) is 10.8. The van der Waals surface area contributed by atoms with Crippen molar-refractivity contribution in [2.75, 3.05) is 13.0 Å². The van der Waals surface area contributed by atoms with Crippen LogP contribution in [0.1, 0.15) is 35.7 Å². The first-order chi connectivity index (χ1) is 14.1. The molecule has 0 spiro atoms. The van der Waals surface area contributed by atoms with E-state index in [4.69, 9.17) is 10.6 Å². The Kier molecular flexibility index (Phi) is 7.43. The molecule has 2 aromatic carbocycles. The summed E-state index contributed by atoms with van der Waals surface area (Å²) in [6, 6.07) is 11.2. The van der Waals surface area contributed by atoms with E-state index in [0.717, 1.165) is 34.2 Å². The minimum absolute atomic E-state index is 0.0851. The number of nitrogen functional groups attached to an aromatic ring is 1. The van der Waals surface area contributed by atoms with Gasteiger partial charge in [-0.2, -0.15) is 0 Å². The molecule has 0 amide bonds. The molecule has 0 fully saturated rings. The van der Waals surface area contributed by atoms with Crippen LogP contribution in [0.2, 0.25) is 0 Å². The van der Waals surface area contributed by atoms with Crippen LogP contribution in [0.5, 0.6) is 5.75 Å². The summed E-state index contributed by atoms with van der Waals surface area (Å²) in [6.45, 7) is 7.14. The van der Waals surface area contributed by atoms with Gasteiger partial charge in [0, 0.05) is 23.8 Å². The molecule has 1 heterocycles. The quantitative estimate of drug-likeness (QED) is 0.294. The van der Waals surface area contributed by atoms with E-state index >= 15 is 0 Å². The Hall–Kier alpha value is -3.08. The number of fused-ring (bicyclic) bond motifs is 1. The molecule has 2 N–H and O–H groups in total. The molecule has 0 atom stereocenters. The number of rotatable bonds is 2. The lowest BCUT2D eigenvalue weighted by Gasteiger charge is -2.14. The molecule has 0 aliphatic carbocycles. The zero-order valence-electron chi connectivity index (χ0n) is 17.8. The van der Waals surface area contributed by atoms with Gasteiger partial charge < -0.3 is 9.29 Å². The molecule has 7 heteroatoms. The molecule has 3 rings (SSSR count). The Morgan fingerprint density at radius 1 is 1.10 bits per heavy atom. The lowest BCUT2D eigenvalue weighted by Crippen LogP contribution is -2.47. The van der Waals surface area contributed by atoms with Gasteiger partial charge in [-0.25, -0.2) is 14.3 Å². The molecule has 0 aliphatic heterocycles. The van der Waals surface area contributed by atoms with Crippen LogP contribution in [-0.4, -0.2) is 20.1 Å². The van der Waals surface area contributed by atoms with Crippen molar-refractivity contribution in [3.63, 3.8) is 0 Å². The van der Waals surface area contributed by atoms with E-state index in [-0.39, 0.29) is 4.90 Å². The second kappa shape index (κ2) is 9.61. The molecule has 0 bridgehead atoms. The van der Waals surface area contributed by atoms with Gasteiger partial charge in [0.05, 0.1) is 17.4 Å². The van der Waals surface area contributed by atoms with Crippen molar-refractivity contribution in [3.05, 3.63) is 65.0 Å². The molecule has 0 unspecified atom stereocenters. The second-order valence-corrected chi connectivity index (χ2v) is 8.15.